The molecule has 0 radical (unpaired) electrons. The lowest BCUT2D eigenvalue weighted by atomic mass is 10.2. The molecule has 1 aliphatic heterocycles. The summed E-state index contributed by atoms with van der Waals surface area (Å²) in [5.74, 6) is -0.0805. The Labute approximate surface area is 151 Å². The van der Waals surface area contributed by atoms with E-state index in [0.29, 0.717) is 17.9 Å². The normalized spacial score (nSPS) is 14.2. The quantitative estimate of drug-likeness (QED) is 0.817. The summed E-state index contributed by atoms with van der Waals surface area (Å²) in [4.78, 5) is 10.6. The molecule has 3 rings (SSSR count). The zero-order valence-electron chi connectivity index (χ0n) is 12.7. The molecule has 0 saturated carbocycles. The summed E-state index contributed by atoms with van der Waals surface area (Å²) in [7, 11) is -4.40. The van der Waals surface area contributed by atoms with Gasteiger partial charge in [0.25, 0.3) is 15.9 Å². The number of hydrogen-bond acceptors (Lipinski definition) is 4. The van der Waals surface area contributed by atoms with Gasteiger partial charge in [0.15, 0.2) is 6.61 Å². The molecule has 0 fully saturated rings. The van der Waals surface area contributed by atoms with Gasteiger partial charge in [0.2, 0.25) is 0 Å². The van der Waals surface area contributed by atoms with Crippen molar-refractivity contribution in [3.63, 3.8) is 0 Å². The molecule has 0 unspecified atom stereocenters. The first kappa shape index (κ1) is 18.3. The number of anilines is 2. The van der Waals surface area contributed by atoms with Crippen molar-refractivity contribution in [1.29, 1.82) is 0 Å². The summed E-state index contributed by atoms with van der Waals surface area (Å²) >= 11 is 5.77. The lowest BCUT2D eigenvalue weighted by Crippen LogP contribution is -2.25. The summed E-state index contributed by atoms with van der Waals surface area (Å²) in [6.45, 7) is -0.169. The van der Waals surface area contributed by atoms with Crippen LogP contribution in [0.2, 0.25) is 5.02 Å². The average Bonchev–Trinajstić information content (AvgIpc) is 2.53. The molecule has 0 atom stereocenters. The number of sulfonamides is 1. The molecule has 1 amide bonds. The van der Waals surface area contributed by atoms with Gasteiger partial charge >= 0.3 is 6.18 Å². The van der Waals surface area contributed by atoms with Gasteiger partial charge in [0.1, 0.15) is 10.6 Å². The minimum absolute atomic E-state index is 0.0167. The van der Waals surface area contributed by atoms with Gasteiger partial charge < -0.3 is 10.1 Å². The maximum Gasteiger partial charge on any atom is 0.416 e. The minimum Gasteiger partial charge on any atom is -0.482 e. The van der Waals surface area contributed by atoms with Crippen LogP contribution in [0.5, 0.6) is 5.75 Å². The average molecular weight is 407 g/mol. The lowest BCUT2D eigenvalue weighted by Gasteiger charge is -2.19. The number of fused-ring (bicyclic) bond motifs is 1. The Bertz CT molecular complexity index is 993. The number of benzene rings is 2. The highest BCUT2D eigenvalue weighted by molar-refractivity contribution is 7.92. The fraction of sp³-hybridized carbons (Fsp3) is 0.133. The summed E-state index contributed by atoms with van der Waals surface area (Å²) in [6.07, 6.45) is -4.72. The standard InChI is InChI=1S/C15H10ClF3N2O4S/c16-10-3-1-8(15(17,18)19)5-13(10)26(23,24)21-9-2-4-12-11(6-9)20-14(22)7-25-12/h1-6,21H,7H2,(H,20,22). The Balaban J connectivity index is 1.95. The van der Waals surface area contributed by atoms with E-state index in [-0.39, 0.29) is 23.0 Å². The smallest absolute Gasteiger partial charge is 0.416 e. The molecule has 1 aliphatic rings. The van der Waals surface area contributed by atoms with Gasteiger partial charge in [0.05, 0.1) is 22.0 Å². The first-order valence-electron chi connectivity index (χ1n) is 7.02. The van der Waals surface area contributed by atoms with E-state index in [9.17, 15) is 26.4 Å². The zero-order valence-corrected chi connectivity index (χ0v) is 14.3. The predicted molar refractivity (Wildman–Crippen MR) is 87.8 cm³/mol. The van der Waals surface area contributed by atoms with E-state index in [2.05, 4.69) is 10.0 Å². The van der Waals surface area contributed by atoms with Crippen molar-refractivity contribution < 1.29 is 31.1 Å². The third-order valence-electron chi connectivity index (χ3n) is 3.41. The summed E-state index contributed by atoms with van der Waals surface area (Å²) < 4.78 is 70.7. The van der Waals surface area contributed by atoms with Crippen LogP contribution in [-0.4, -0.2) is 20.9 Å². The van der Waals surface area contributed by atoms with Crippen molar-refractivity contribution in [3.05, 3.63) is 47.0 Å². The Morgan fingerprint density at radius 3 is 2.58 bits per heavy atom. The largest absolute Gasteiger partial charge is 0.482 e. The molecule has 138 valence electrons. The first-order chi connectivity index (χ1) is 12.1. The molecule has 0 spiro atoms. The van der Waals surface area contributed by atoms with Crippen LogP contribution in [-0.2, 0) is 21.0 Å². The summed E-state index contributed by atoms with van der Waals surface area (Å²) in [5.41, 5.74) is -0.895. The number of carbonyl (C=O) groups excluding carboxylic acids is 1. The molecule has 0 bridgehead atoms. The maximum absolute atomic E-state index is 12.8. The van der Waals surface area contributed by atoms with Crippen LogP contribution < -0.4 is 14.8 Å². The molecule has 26 heavy (non-hydrogen) atoms. The number of rotatable bonds is 3. The van der Waals surface area contributed by atoms with Crippen molar-refractivity contribution in [1.82, 2.24) is 0 Å². The number of ether oxygens (including phenoxy) is 1. The first-order valence-corrected chi connectivity index (χ1v) is 8.89. The third kappa shape index (κ3) is 3.70. The molecule has 2 aromatic carbocycles. The number of halogens is 4. The van der Waals surface area contributed by atoms with E-state index in [1.165, 1.54) is 18.2 Å². The molecule has 2 N–H and O–H groups in total. The van der Waals surface area contributed by atoms with Crippen LogP contribution in [0.3, 0.4) is 0 Å². The number of alkyl halides is 3. The van der Waals surface area contributed by atoms with E-state index in [1.807, 2.05) is 0 Å². The van der Waals surface area contributed by atoms with Crippen LogP contribution in [0.25, 0.3) is 0 Å². The summed E-state index contributed by atoms with van der Waals surface area (Å²) in [5, 5.41) is 2.13. The van der Waals surface area contributed by atoms with E-state index >= 15 is 0 Å². The van der Waals surface area contributed by atoms with E-state index in [0.717, 1.165) is 6.07 Å². The Kier molecular flexibility index (Phi) is 4.49. The molecular weight excluding hydrogens is 397 g/mol. The van der Waals surface area contributed by atoms with Gasteiger partial charge in [-0.25, -0.2) is 8.42 Å². The van der Waals surface area contributed by atoms with E-state index < -0.39 is 32.6 Å². The highest BCUT2D eigenvalue weighted by atomic mass is 35.5. The monoisotopic (exact) mass is 406 g/mol. The van der Waals surface area contributed by atoms with E-state index in [1.54, 1.807) is 0 Å². The molecule has 0 aromatic heterocycles. The van der Waals surface area contributed by atoms with Crippen molar-refractivity contribution in [2.24, 2.45) is 0 Å². The molecule has 1 heterocycles. The molecule has 0 aliphatic carbocycles. The molecule has 6 nitrogen and oxygen atoms in total. The maximum atomic E-state index is 12.8. The van der Waals surface area contributed by atoms with Crippen LogP contribution >= 0.6 is 11.6 Å². The van der Waals surface area contributed by atoms with Crippen LogP contribution in [0, 0.1) is 0 Å². The Hall–Kier alpha value is -2.46. The highest BCUT2D eigenvalue weighted by Crippen LogP contribution is 2.35. The third-order valence-corrected chi connectivity index (χ3v) is 5.28. The predicted octanol–water partition coefficient (Wildman–Crippen LogP) is 3.49. The second kappa shape index (κ2) is 6.36. The van der Waals surface area contributed by atoms with Crippen molar-refractivity contribution >= 4 is 38.9 Å². The zero-order chi connectivity index (χ0) is 19.1. The molecule has 11 heteroatoms. The lowest BCUT2D eigenvalue weighted by molar-refractivity contribution is -0.137. The fourth-order valence-corrected chi connectivity index (χ4v) is 3.82. The fourth-order valence-electron chi connectivity index (χ4n) is 2.24. The van der Waals surface area contributed by atoms with Gasteiger partial charge in [-0.05, 0) is 36.4 Å². The van der Waals surface area contributed by atoms with Gasteiger partial charge in [-0.2, -0.15) is 13.2 Å². The second-order valence-corrected chi connectivity index (χ2v) is 7.35. The van der Waals surface area contributed by atoms with Gasteiger partial charge in [-0.15, -0.1) is 0 Å². The number of nitrogens with one attached hydrogen (secondary N) is 2. The van der Waals surface area contributed by atoms with Crippen LogP contribution in [0.15, 0.2) is 41.3 Å². The molecular formula is C15H10ClF3N2O4S. The van der Waals surface area contributed by atoms with Crippen molar-refractivity contribution in [2.75, 3.05) is 16.6 Å². The van der Waals surface area contributed by atoms with Crippen LogP contribution in [0.4, 0.5) is 24.5 Å². The number of carbonyl (C=O) groups is 1. The van der Waals surface area contributed by atoms with Gasteiger partial charge in [-0.3, -0.25) is 9.52 Å². The second-order valence-electron chi connectivity index (χ2n) is 5.30. The van der Waals surface area contributed by atoms with Gasteiger partial charge in [-0.1, -0.05) is 11.6 Å². The van der Waals surface area contributed by atoms with Crippen molar-refractivity contribution in [3.8, 4) is 5.75 Å². The van der Waals surface area contributed by atoms with Gasteiger partial charge in [0, 0.05) is 0 Å². The number of amides is 1. The van der Waals surface area contributed by atoms with E-state index in [4.69, 9.17) is 16.3 Å². The molecule has 0 saturated heterocycles. The van der Waals surface area contributed by atoms with Crippen molar-refractivity contribution in [2.45, 2.75) is 11.1 Å². The van der Waals surface area contributed by atoms with Crippen LogP contribution in [0.1, 0.15) is 5.56 Å². The minimum atomic E-state index is -4.72. The number of hydrogen-bond donors (Lipinski definition) is 2. The topological polar surface area (TPSA) is 84.5 Å². The summed E-state index contributed by atoms with van der Waals surface area (Å²) in [6, 6.07) is 6.04. The Morgan fingerprint density at radius 2 is 1.88 bits per heavy atom. The highest BCUT2D eigenvalue weighted by Gasteiger charge is 2.33. The Morgan fingerprint density at radius 1 is 1.15 bits per heavy atom. The SMILES string of the molecule is O=C1COc2ccc(NS(=O)(=O)c3cc(C(F)(F)F)ccc3Cl)cc2N1. The molecule has 2 aromatic rings.